The van der Waals surface area contributed by atoms with E-state index in [1.807, 2.05) is 67.6 Å². The van der Waals surface area contributed by atoms with Crippen LogP contribution in [0.4, 0.5) is 19.0 Å². The highest BCUT2D eigenvalue weighted by Crippen LogP contribution is 2.43. The summed E-state index contributed by atoms with van der Waals surface area (Å²) in [5.74, 6) is -0.142. The summed E-state index contributed by atoms with van der Waals surface area (Å²) in [6, 6.07) is 27.1. The van der Waals surface area contributed by atoms with E-state index in [0.717, 1.165) is 15.8 Å². The van der Waals surface area contributed by atoms with Crippen molar-refractivity contribution in [3.8, 4) is 0 Å². The number of carbonyl (C=O) groups is 1. The highest BCUT2D eigenvalue weighted by molar-refractivity contribution is 5.93. The van der Waals surface area contributed by atoms with Gasteiger partial charge in [-0.3, -0.25) is 9.69 Å². The molecule has 1 aromatic heterocycles. The number of anilines is 1. The van der Waals surface area contributed by atoms with Crippen LogP contribution < -0.4 is 5.32 Å². The molecule has 0 spiro atoms. The SMILES string of the molecule is Cc1ccc([C@@H]2C[C@H](C(F)(F)F)n3nc(C(=O)N4CCN(C(c5ccccc5)c5ccccc5)CC4)cc3N2)cc1. The van der Waals surface area contributed by atoms with Crippen LogP contribution in [0.15, 0.2) is 91.0 Å². The number of hydrogen-bond acceptors (Lipinski definition) is 4. The van der Waals surface area contributed by atoms with Crippen molar-refractivity contribution >= 4 is 11.7 Å². The molecule has 1 saturated heterocycles. The Labute approximate surface area is 237 Å². The molecule has 6 rings (SSSR count). The van der Waals surface area contributed by atoms with E-state index in [9.17, 15) is 18.0 Å². The lowest BCUT2D eigenvalue weighted by molar-refractivity contribution is -0.173. The summed E-state index contributed by atoms with van der Waals surface area (Å²) >= 11 is 0. The van der Waals surface area contributed by atoms with Gasteiger partial charge in [-0.05, 0) is 23.6 Å². The topological polar surface area (TPSA) is 53.4 Å². The number of nitrogens with zero attached hydrogens (tertiary/aromatic N) is 4. The van der Waals surface area contributed by atoms with Gasteiger partial charge >= 0.3 is 6.18 Å². The number of aromatic nitrogens is 2. The maximum Gasteiger partial charge on any atom is 0.410 e. The van der Waals surface area contributed by atoms with E-state index in [-0.39, 0.29) is 29.9 Å². The van der Waals surface area contributed by atoms with Gasteiger partial charge in [0.25, 0.3) is 5.91 Å². The van der Waals surface area contributed by atoms with Crippen molar-refractivity contribution in [2.45, 2.75) is 37.6 Å². The molecule has 4 aromatic rings. The highest BCUT2D eigenvalue weighted by Gasteiger charge is 2.47. The largest absolute Gasteiger partial charge is 0.410 e. The van der Waals surface area contributed by atoms with Crippen molar-refractivity contribution in [1.29, 1.82) is 0 Å². The summed E-state index contributed by atoms with van der Waals surface area (Å²) < 4.78 is 43.4. The maximum absolute atomic E-state index is 14.1. The lowest BCUT2D eigenvalue weighted by Gasteiger charge is -2.39. The maximum atomic E-state index is 14.1. The number of amides is 1. The molecular formula is C32H32F3N5O. The smallest absolute Gasteiger partial charge is 0.363 e. The Kier molecular flexibility index (Phi) is 7.30. The molecule has 2 aliphatic heterocycles. The van der Waals surface area contributed by atoms with Crippen molar-refractivity contribution < 1.29 is 18.0 Å². The fourth-order valence-electron chi connectivity index (χ4n) is 5.93. The minimum Gasteiger partial charge on any atom is -0.363 e. The van der Waals surface area contributed by atoms with Gasteiger partial charge in [0, 0.05) is 38.7 Å². The van der Waals surface area contributed by atoms with Crippen LogP contribution in [0.3, 0.4) is 0 Å². The van der Waals surface area contributed by atoms with Gasteiger partial charge < -0.3 is 10.2 Å². The average Bonchev–Trinajstić information content (AvgIpc) is 3.42. The van der Waals surface area contributed by atoms with Gasteiger partial charge in [0.05, 0.1) is 12.1 Å². The van der Waals surface area contributed by atoms with E-state index in [1.54, 1.807) is 4.90 Å². The molecule has 41 heavy (non-hydrogen) atoms. The Bertz CT molecular complexity index is 1440. The lowest BCUT2D eigenvalue weighted by atomic mass is 9.96. The Morgan fingerprint density at radius 2 is 1.46 bits per heavy atom. The fourth-order valence-corrected chi connectivity index (χ4v) is 5.93. The normalized spacial score (nSPS) is 19.6. The molecule has 2 aliphatic rings. The molecule has 1 fully saturated rings. The number of nitrogens with one attached hydrogen (secondary N) is 1. The molecule has 1 amide bonds. The standard InChI is InChI=1S/C32H32F3N5O/c1-22-12-14-23(15-13-22)26-20-28(32(33,34)35)40-29(36-26)21-27(37-40)31(41)39-18-16-38(17-19-39)30(24-8-4-2-5-9-24)25-10-6-3-7-11-25/h2-15,21,26,28,30,36H,16-20H2,1H3/t26-,28+/m0/s1. The summed E-state index contributed by atoms with van der Waals surface area (Å²) in [5, 5.41) is 7.39. The first-order chi connectivity index (χ1) is 19.8. The number of piperazine rings is 1. The molecule has 0 bridgehead atoms. The quantitative estimate of drug-likeness (QED) is 0.308. The zero-order valence-electron chi connectivity index (χ0n) is 22.8. The number of aryl methyl sites for hydroxylation is 1. The first-order valence-electron chi connectivity index (χ1n) is 13.9. The molecule has 6 nitrogen and oxygen atoms in total. The molecular weight excluding hydrogens is 527 g/mol. The first kappa shape index (κ1) is 27.1. The number of benzene rings is 3. The molecule has 0 radical (unpaired) electrons. The third kappa shape index (κ3) is 5.59. The molecule has 3 heterocycles. The van der Waals surface area contributed by atoms with Crippen LogP contribution in [0.2, 0.25) is 0 Å². The summed E-state index contributed by atoms with van der Waals surface area (Å²) in [7, 11) is 0. The molecule has 3 aromatic carbocycles. The van der Waals surface area contributed by atoms with Crippen LogP contribution in [0.5, 0.6) is 0 Å². The van der Waals surface area contributed by atoms with Crippen LogP contribution in [-0.4, -0.2) is 57.8 Å². The summed E-state index contributed by atoms with van der Waals surface area (Å²) in [5.41, 5.74) is 4.18. The van der Waals surface area contributed by atoms with Crippen LogP contribution in [0.25, 0.3) is 0 Å². The number of fused-ring (bicyclic) bond motifs is 1. The van der Waals surface area contributed by atoms with Crippen molar-refractivity contribution in [3.05, 3.63) is 119 Å². The molecule has 0 saturated carbocycles. The van der Waals surface area contributed by atoms with Crippen molar-refractivity contribution in [2.24, 2.45) is 0 Å². The molecule has 9 heteroatoms. The van der Waals surface area contributed by atoms with Gasteiger partial charge in [-0.25, -0.2) is 4.68 Å². The second kappa shape index (κ2) is 11.0. The second-order valence-corrected chi connectivity index (χ2v) is 10.8. The number of alkyl halides is 3. The average molecular weight is 560 g/mol. The number of rotatable bonds is 5. The zero-order valence-corrected chi connectivity index (χ0v) is 22.8. The fraction of sp³-hybridized carbons (Fsp3) is 0.312. The third-order valence-corrected chi connectivity index (χ3v) is 8.09. The van der Waals surface area contributed by atoms with E-state index >= 15 is 0 Å². The van der Waals surface area contributed by atoms with Gasteiger partial charge in [0.15, 0.2) is 11.7 Å². The summed E-state index contributed by atoms with van der Waals surface area (Å²) in [6.45, 7) is 4.12. The van der Waals surface area contributed by atoms with Crippen molar-refractivity contribution in [1.82, 2.24) is 19.6 Å². The Morgan fingerprint density at radius 1 is 0.878 bits per heavy atom. The van der Waals surface area contributed by atoms with Gasteiger partial charge in [0.2, 0.25) is 0 Å². The van der Waals surface area contributed by atoms with Gasteiger partial charge in [-0.1, -0.05) is 90.5 Å². The third-order valence-electron chi connectivity index (χ3n) is 8.09. The van der Waals surface area contributed by atoms with E-state index in [1.165, 1.54) is 17.2 Å². The minimum absolute atomic E-state index is 0.0300. The van der Waals surface area contributed by atoms with Gasteiger partial charge in [-0.15, -0.1) is 0 Å². The van der Waals surface area contributed by atoms with Crippen molar-refractivity contribution in [3.63, 3.8) is 0 Å². The predicted octanol–water partition coefficient (Wildman–Crippen LogP) is 6.40. The minimum atomic E-state index is -4.50. The number of hydrogen-bond donors (Lipinski definition) is 1. The Hall–Kier alpha value is -4.11. The van der Waals surface area contributed by atoms with E-state index < -0.39 is 18.3 Å². The molecule has 0 aliphatic carbocycles. The zero-order chi connectivity index (χ0) is 28.6. The Balaban J connectivity index is 1.20. The van der Waals surface area contributed by atoms with Crippen LogP contribution in [0, 0.1) is 6.92 Å². The highest BCUT2D eigenvalue weighted by atomic mass is 19.4. The molecule has 212 valence electrons. The van der Waals surface area contributed by atoms with Crippen LogP contribution in [-0.2, 0) is 0 Å². The van der Waals surface area contributed by atoms with Crippen molar-refractivity contribution in [2.75, 3.05) is 31.5 Å². The second-order valence-electron chi connectivity index (χ2n) is 10.8. The predicted molar refractivity (Wildman–Crippen MR) is 152 cm³/mol. The molecule has 0 unspecified atom stereocenters. The first-order valence-corrected chi connectivity index (χ1v) is 13.9. The summed E-state index contributed by atoms with van der Waals surface area (Å²) in [4.78, 5) is 17.5. The molecule has 1 N–H and O–H groups in total. The number of carbonyl (C=O) groups excluding carboxylic acids is 1. The van der Waals surface area contributed by atoms with E-state index in [4.69, 9.17) is 0 Å². The van der Waals surface area contributed by atoms with E-state index in [2.05, 4.69) is 39.6 Å². The molecule has 2 atom stereocenters. The van der Waals surface area contributed by atoms with E-state index in [0.29, 0.717) is 26.2 Å². The van der Waals surface area contributed by atoms with Gasteiger partial charge in [0.1, 0.15) is 5.82 Å². The lowest BCUT2D eigenvalue weighted by Crippen LogP contribution is -2.50. The van der Waals surface area contributed by atoms with Crippen LogP contribution in [0.1, 0.15) is 57.3 Å². The van der Waals surface area contributed by atoms with Crippen LogP contribution >= 0.6 is 0 Å². The van der Waals surface area contributed by atoms with Gasteiger partial charge in [-0.2, -0.15) is 18.3 Å². The Morgan fingerprint density at radius 3 is 2.02 bits per heavy atom. The monoisotopic (exact) mass is 559 g/mol. The number of halogens is 3. The summed E-state index contributed by atoms with van der Waals surface area (Å²) in [6.07, 6.45) is -4.70.